The van der Waals surface area contributed by atoms with E-state index in [1.54, 1.807) is 7.11 Å². The second-order valence-corrected chi connectivity index (χ2v) is 4.04. The van der Waals surface area contributed by atoms with Crippen molar-refractivity contribution in [2.75, 3.05) is 13.7 Å². The third-order valence-electron chi connectivity index (χ3n) is 2.78. The molecule has 0 radical (unpaired) electrons. The monoisotopic (exact) mass is 171 g/mol. The fourth-order valence-electron chi connectivity index (χ4n) is 2.06. The first-order valence-electron chi connectivity index (χ1n) is 4.99. The summed E-state index contributed by atoms with van der Waals surface area (Å²) >= 11 is 0. The SMILES string of the molecule is COC[C@H](C)N[C@H]1CCC[C@H]1C. The second-order valence-electron chi connectivity index (χ2n) is 4.04. The summed E-state index contributed by atoms with van der Waals surface area (Å²) in [5, 5.41) is 3.60. The molecule has 0 aromatic heterocycles. The maximum atomic E-state index is 5.09. The molecule has 0 unspecified atom stereocenters. The third-order valence-corrected chi connectivity index (χ3v) is 2.78. The second kappa shape index (κ2) is 4.83. The normalized spacial score (nSPS) is 32.2. The smallest absolute Gasteiger partial charge is 0.0613 e. The van der Waals surface area contributed by atoms with Crippen molar-refractivity contribution in [3.05, 3.63) is 0 Å². The maximum Gasteiger partial charge on any atom is 0.0613 e. The maximum absolute atomic E-state index is 5.09. The first kappa shape index (κ1) is 10.0. The van der Waals surface area contributed by atoms with Crippen LogP contribution in [-0.2, 0) is 4.74 Å². The van der Waals surface area contributed by atoms with Gasteiger partial charge >= 0.3 is 0 Å². The number of hydrogen-bond acceptors (Lipinski definition) is 2. The molecule has 0 aliphatic heterocycles. The predicted octanol–water partition coefficient (Wildman–Crippen LogP) is 1.80. The molecular formula is C10H21NO. The topological polar surface area (TPSA) is 21.3 Å². The van der Waals surface area contributed by atoms with Gasteiger partial charge in [0.15, 0.2) is 0 Å². The van der Waals surface area contributed by atoms with E-state index in [9.17, 15) is 0 Å². The molecule has 72 valence electrons. The Bertz CT molecular complexity index is 127. The number of methoxy groups -OCH3 is 1. The molecule has 2 nitrogen and oxygen atoms in total. The van der Waals surface area contributed by atoms with Gasteiger partial charge in [-0.15, -0.1) is 0 Å². The molecule has 1 aliphatic carbocycles. The van der Waals surface area contributed by atoms with E-state index in [0.717, 1.165) is 18.6 Å². The summed E-state index contributed by atoms with van der Waals surface area (Å²) in [5.41, 5.74) is 0. The lowest BCUT2D eigenvalue weighted by molar-refractivity contribution is 0.163. The molecule has 2 heteroatoms. The summed E-state index contributed by atoms with van der Waals surface area (Å²) in [4.78, 5) is 0. The third kappa shape index (κ3) is 2.76. The Balaban J connectivity index is 2.20. The summed E-state index contributed by atoms with van der Waals surface area (Å²) in [6.45, 7) is 5.35. The molecule has 1 fully saturated rings. The molecule has 0 amide bonds. The highest BCUT2D eigenvalue weighted by molar-refractivity contribution is 4.82. The summed E-state index contributed by atoms with van der Waals surface area (Å²) in [6.07, 6.45) is 4.12. The van der Waals surface area contributed by atoms with E-state index in [1.165, 1.54) is 19.3 Å². The van der Waals surface area contributed by atoms with Crippen molar-refractivity contribution in [2.24, 2.45) is 5.92 Å². The molecule has 0 heterocycles. The quantitative estimate of drug-likeness (QED) is 0.696. The molecule has 1 rings (SSSR count). The van der Waals surface area contributed by atoms with Crippen molar-refractivity contribution < 1.29 is 4.74 Å². The average molecular weight is 171 g/mol. The lowest BCUT2D eigenvalue weighted by atomic mass is 10.1. The predicted molar refractivity (Wildman–Crippen MR) is 51.3 cm³/mol. The molecule has 0 spiro atoms. The molecule has 0 aromatic carbocycles. The van der Waals surface area contributed by atoms with Gasteiger partial charge in [0, 0.05) is 19.2 Å². The zero-order valence-corrected chi connectivity index (χ0v) is 8.47. The number of nitrogens with one attached hydrogen (secondary N) is 1. The number of ether oxygens (including phenoxy) is 1. The van der Waals surface area contributed by atoms with Crippen LogP contribution in [0.4, 0.5) is 0 Å². The van der Waals surface area contributed by atoms with Crippen LogP contribution in [0.5, 0.6) is 0 Å². The van der Waals surface area contributed by atoms with Gasteiger partial charge in [0.05, 0.1) is 6.61 Å². The van der Waals surface area contributed by atoms with Gasteiger partial charge in [0.1, 0.15) is 0 Å². The summed E-state index contributed by atoms with van der Waals surface area (Å²) in [5.74, 6) is 0.851. The summed E-state index contributed by atoms with van der Waals surface area (Å²) in [6, 6.07) is 1.23. The van der Waals surface area contributed by atoms with Gasteiger partial charge in [-0.3, -0.25) is 0 Å². The van der Waals surface area contributed by atoms with Gasteiger partial charge in [-0.1, -0.05) is 13.3 Å². The highest BCUT2D eigenvalue weighted by Crippen LogP contribution is 2.24. The minimum absolute atomic E-state index is 0.501. The summed E-state index contributed by atoms with van der Waals surface area (Å²) < 4.78 is 5.09. The van der Waals surface area contributed by atoms with Crippen molar-refractivity contribution in [3.8, 4) is 0 Å². The Morgan fingerprint density at radius 2 is 2.25 bits per heavy atom. The Morgan fingerprint density at radius 1 is 1.50 bits per heavy atom. The van der Waals surface area contributed by atoms with Gasteiger partial charge in [-0.05, 0) is 25.7 Å². The number of rotatable bonds is 4. The molecule has 1 saturated carbocycles. The van der Waals surface area contributed by atoms with Crippen molar-refractivity contribution in [1.82, 2.24) is 5.32 Å². The van der Waals surface area contributed by atoms with Crippen LogP contribution >= 0.6 is 0 Å². The Kier molecular flexibility index (Phi) is 4.02. The van der Waals surface area contributed by atoms with Gasteiger partial charge < -0.3 is 10.1 Å². The fourth-order valence-corrected chi connectivity index (χ4v) is 2.06. The first-order chi connectivity index (χ1) is 5.74. The molecule has 0 aromatic rings. The van der Waals surface area contributed by atoms with Gasteiger partial charge in [-0.25, -0.2) is 0 Å². The van der Waals surface area contributed by atoms with Crippen molar-refractivity contribution in [3.63, 3.8) is 0 Å². The van der Waals surface area contributed by atoms with Crippen LogP contribution in [0.1, 0.15) is 33.1 Å². The Morgan fingerprint density at radius 3 is 2.75 bits per heavy atom. The highest BCUT2D eigenvalue weighted by atomic mass is 16.5. The van der Waals surface area contributed by atoms with Crippen molar-refractivity contribution in [2.45, 2.75) is 45.2 Å². The van der Waals surface area contributed by atoms with Crippen LogP contribution in [0, 0.1) is 5.92 Å². The van der Waals surface area contributed by atoms with E-state index in [1.807, 2.05) is 0 Å². The van der Waals surface area contributed by atoms with Crippen LogP contribution in [0.15, 0.2) is 0 Å². The molecule has 3 atom stereocenters. The van der Waals surface area contributed by atoms with E-state index in [2.05, 4.69) is 19.2 Å². The van der Waals surface area contributed by atoms with E-state index in [-0.39, 0.29) is 0 Å². The molecule has 0 bridgehead atoms. The molecular weight excluding hydrogens is 150 g/mol. The van der Waals surface area contributed by atoms with E-state index >= 15 is 0 Å². The molecule has 0 saturated heterocycles. The van der Waals surface area contributed by atoms with Gasteiger partial charge in [-0.2, -0.15) is 0 Å². The Hall–Kier alpha value is -0.0800. The zero-order valence-electron chi connectivity index (χ0n) is 8.47. The zero-order chi connectivity index (χ0) is 8.97. The molecule has 1 aliphatic rings. The van der Waals surface area contributed by atoms with E-state index in [0.29, 0.717) is 6.04 Å². The lowest BCUT2D eigenvalue weighted by Gasteiger charge is -2.22. The van der Waals surface area contributed by atoms with Crippen molar-refractivity contribution in [1.29, 1.82) is 0 Å². The van der Waals surface area contributed by atoms with Crippen LogP contribution in [0.3, 0.4) is 0 Å². The number of hydrogen-bond donors (Lipinski definition) is 1. The standard InChI is InChI=1S/C10H21NO/c1-8-5-4-6-10(8)11-9(2)7-12-3/h8-11H,4-7H2,1-3H3/t8-,9+,10+/m1/s1. The highest BCUT2D eigenvalue weighted by Gasteiger charge is 2.23. The first-order valence-corrected chi connectivity index (χ1v) is 4.99. The molecule has 12 heavy (non-hydrogen) atoms. The van der Waals surface area contributed by atoms with E-state index < -0.39 is 0 Å². The van der Waals surface area contributed by atoms with Crippen LogP contribution in [0.2, 0.25) is 0 Å². The fraction of sp³-hybridized carbons (Fsp3) is 1.00. The summed E-state index contributed by atoms with van der Waals surface area (Å²) in [7, 11) is 1.76. The lowest BCUT2D eigenvalue weighted by Crippen LogP contribution is -2.40. The van der Waals surface area contributed by atoms with Crippen molar-refractivity contribution >= 4 is 0 Å². The Labute approximate surface area is 75.7 Å². The van der Waals surface area contributed by atoms with E-state index in [4.69, 9.17) is 4.74 Å². The van der Waals surface area contributed by atoms with Gasteiger partial charge in [0.2, 0.25) is 0 Å². The largest absolute Gasteiger partial charge is 0.383 e. The minimum atomic E-state index is 0.501. The van der Waals surface area contributed by atoms with Crippen LogP contribution in [0.25, 0.3) is 0 Å². The van der Waals surface area contributed by atoms with Crippen LogP contribution in [-0.4, -0.2) is 25.8 Å². The van der Waals surface area contributed by atoms with Gasteiger partial charge in [0.25, 0.3) is 0 Å². The minimum Gasteiger partial charge on any atom is -0.383 e. The van der Waals surface area contributed by atoms with Crippen LogP contribution < -0.4 is 5.32 Å². The molecule has 1 N–H and O–H groups in total. The average Bonchev–Trinajstić information content (AvgIpc) is 2.37.